The van der Waals surface area contributed by atoms with E-state index < -0.39 is 0 Å². The number of rotatable bonds is 1. The lowest BCUT2D eigenvalue weighted by Gasteiger charge is -1.89. The Balaban J connectivity index is 3.02. The van der Waals surface area contributed by atoms with Crippen LogP contribution in [0, 0.1) is 12.3 Å². The highest BCUT2D eigenvalue weighted by molar-refractivity contribution is 5.12. The lowest BCUT2D eigenvalue weighted by molar-refractivity contribution is 0.603. The molecule has 0 aromatic carbocycles. The lowest BCUT2D eigenvalue weighted by Crippen LogP contribution is -2.10. The Morgan fingerprint density at radius 1 is 1.78 bits per heavy atom. The molecule has 0 amide bonds. The first-order valence-electron chi connectivity index (χ1n) is 2.31. The molecule has 1 heterocycles. The Morgan fingerprint density at radius 2 is 2.56 bits per heavy atom. The molecule has 1 aromatic rings. The fourth-order valence-electron chi connectivity index (χ4n) is 0.431. The van der Waals surface area contributed by atoms with E-state index in [-0.39, 0.29) is 6.67 Å². The first kappa shape index (κ1) is 5.72. The summed E-state index contributed by atoms with van der Waals surface area (Å²) >= 11 is 0. The van der Waals surface area contributed by atoms with Crippen molar-refractivity contribution in [3.05, 3.63) is 5.82 Å². The summed E-state index contributed by atoms with van der Waals surface area (Å²) in [4.78, 5) is 0. The number of hydrogen-bond acceptors (Lipinski definition) is 4. The van der Waals surface area contributed by atoms with E-state index in [9.17, 15) is 0 Å². The van der Waals surface area contributed by atoms with Gasteiger partial charge < -0.3 is 5.73 Å². The van der Waals surface area contributed by atoms with E-state index in [1.54, 1.807) is 0 Å². The van der Waals surface area contributed by atoms with Crippen molar-refractivity contribution in [3.8, 4) is 12.3 Å². The van der Waals surface area contributed by atoms with Gasteiger partial charge in [-0.3, -0.25) is 0 Å². The smallest absolute Gasteiger partial charge is 0.227 e. The highest BCUT2D eigenvalue weighted by Crippen LogP contribution is 1.82. The van der Waals surface area contributed by atoms with Crippen LogP contribution in [-0.2, 0) is 6.67 Å². The second kappa shape index (κ2) is 2.24. The average Bonchev–Trinajstić information content (AvgIpc) is 2.33. The summed E-state index contributed by atoms with van der Waals surface area (Å²) in [5, 5.41) is 10.3. The molecule has 9 heavy (non-hydrogen) atoms. The van der Waals surface area contributed by atoms with Crippen LogP contribution in [0.3, 0.4) is 0 Å². The molecule has 0 aliphatic heterocycles. The van der Waals surface area contributed by atoms with Crippen molar-refractivity contribution in [1.82, 2.24) is 20.2 Å². The van der Waals surface area contributed by atoms with E-state index >= 15 is 0 Å². The quantitative estimate of drug-likeness (QED) is 0.465. The second-order valence-corrected chi connectivity index (χ2v) is 1.33. The third-order valence-electron chi connectivity index (χ3n) is 0.834. The molecule has 0 aliphatic carbocycles. The first-order valence-corrected chi connectivity index (χ1v) is 2.31. The van der Waals surface area contributed by atoms with E-state index in [1.165, 1.54) is 4.68 Å². The van der Waals surface area contributed by atoms with Gasteiger partial charge in [0.1, 0.15) is 0 Å². The van der Waals surface area contributed by atoms with Crippen molar-refractivity contribution in [1.29, 1.82) is 0 Å². The average molecular weight is 123 g/mol. The monoisotopic (exact) mass is 123 g/mol. The molecule has 5 nitrogen and oxygen atoms in total. The van der Waals surface area contributed by atoms with Crippen molar-refractivity contribution in [2.75, 3.05) is 0 Å². The summed E-state index contributed by atoms with van der Waals surface area (Å²) in [5.41, 5.74) is 5.20. The molecule has 0 unspecified atom stereocenters. The van der Waals surface area contributed by atoms with E-state index in [2.05, 4.69) is 21.4 Å². The molecule has 0 bridgehead atoms. The number of tetrazole rings is 1. The fourth-order valence-corrected chi connectivity index (χ4v) is 0.431. The van der Waals surface area contributed by atoms with Crippen LogP contribution in [0.4, 0.5) is 0 Å². The van der Waals surface area contributed by atoms with Crippen LogP contribution in [0.1, 0.15) is 5.82 Å². The molecule has 0 aliphatic rings. The Kier molecular flexibility index (Phi) is 1.42. The van der Waals surface area contributed by atoms with Gasteiger partial charge in [-0.1, -0.05) is 5.10 Å². The van der Waals surface area contributed by atoms with Crippen LogP contribution in [0.25, 0.3) is 0 Å². The van der Waals surface area contributed by atoms with Crippen LogP contribution in [0.5, 0.6) is 0 Å². The maximum absolute atomic E-state index is 5.20. The lowest BCUT2D eigenvalue weighted by atomic mass is 10.6. The van der Waals surface area contributed by atoms with E-state index in [0.29, 0.717) is 5.82 Å². The second-order valence-electron chi connectivity index (χ2n) is 1.33. The van der Waals surface area contributed by atoms with Crippen molar-refractivity contribution in [2.24, 2.45) is 5.73 Å². The molecule has 1 rings (SSSR count). The standard InChI is InChI=1S/C4H5N5/c1-2-4-6-7-8-9(4)3-5/h1H,3,5H2. The Hall–Kier alpha value is -1.41. The minimum Gasteiger partial charge on any atom is -0.312 e. The summed E-state index contributed by atoms with van der Waals surface area (Å²) in [5.74, 6) is 2.63. The third kappa shape index (κ3) is 0.876. The molecule has 0 atom stereocenters. The summed E-state index contributed by atoms with van der Waals surface area (Å²) in [6.07, 6.45) is 5.00. The molecule has 0 spiro atoms. The van der Waals surface area contributed by atoms with Gasteiger partial charge in [-0.15, -0.1) is 6.42 Å². The van der Waals surface area contributed by atoms with E-state index in [0.717, 1.165) is 0 Å². The molecule has 0 saturated heterocycles. The topological polar surface area (TPSA) is 69.6 Å². The van der Waals surface area contributed by atoms with Crippen LogP contribution in [0.15, 0.2) is 0 Å². The molecule has 1 aromatic heterocycles. The SMILES string of the molecule is C#Cc1nnnn1CN. The van der Waals surface area contributed by atoms with Gasteiger partial charge in [-0.25, -0.2) is 4.68 Å². The summed E-state index contributed by atoms with van der Waals surface area (Å²) in [6, 6.07) is 0. The maximum Gasteiger partial charge on any atom is 0.227 e. The van der Waals surface area contributed by atoms with Gasteiger partial charge >= 0.3 is 0 Å². The molecule has 0 radical (unpaired) electrons. The van der Waals surface area contributed by atoms with Crippen molar-refractivity contribution >= 4 is 0 Å². The third-order valence-corrected chi connectivity index (χ3v) is 0.834. The largest absolute Gasteiger partial charge is 0.312 e. The number of nitrogens with zero attached hydrogens (tertiary/aromatic N) is 4. The Morgan fingerprint density at radius 3 is 3.00 bits per heavy atom. The van der Waals surface area contributed by atoms with E-state index in [1.807, 2.05) is 0 Å². The van der Waals surface area contributed by atoms with Gasteiger partial charge in [0.2, 0.25) is 5.82 Å². The van der Waals surface area contributed by atoms with Crippen LogP contribution in [-0.4, -0.2) is 20.2 Å². The van der Waals surface area contributed by atoms with E-state index in [4.69, 9.17) is 12.2 Å². The zero-order valence-electron chi connectivity index (χ0n) is 4.65. The van der Waals surface area contributed by atoms with Gasteiger partial charge in [0.15, 0.2) is 0 Å². The molecule has 0 saturated carbocycles. The van der Waals surface area contributed by atoms with Crippen LogP contribution >= 0.6 is 0 Å². The number of aromatic nitrogens is 4. The fraction of sp³-hybridized carbons (Fsp3) is 0.250. The van der Waals surface area contributed by atoms with Crippen molar-refractivity contribution in [2.45, 2.75) is 6.67 Å². The molecular formula is C4H5N5. The predicted octanol–water partition coefficient (Wildman–Crippen LogP) is -1.43. The Labute approximate surface area is 51.8 Å². The number of hydrogen-bond donors (Lipinski definition) is 1. The van der Waals surface area contributed by atoms with Gasteiger partial charge in [0.25, 0.3) is 0 Å². The van der Waals surface area contributed by atoms with Crippen molar-refractivity contribution in [3.63, 3.8) is 0 Å². The van der Waals surface area contributed by atoms with Crippen molar-refractivity contribution < 1.29 is 0 Å². The first-order chi connectivity index (χ1) is 4.38. The highest BCUT2D eigenvalue weighted by Gasteiger charge is 1.96. The molecular weight excluding hydrogens is 118 g/mol. The van der Waals surface area contributed by atoms with Gasteiger partial charge in [-0.2, -0.15) is 0 Å². The normalized spacial score (nSPS) is 8.89. The molecule has 0 fully saturated rings. The van der Waals surface area contributed by atoms with Gasteiger partial charge in [0, 0.05) is 0 Å². The molecule has 46 valence electrons. The van der Waals surface area contributed by atoms with Gasteiger partial charge in [0.05, 0.1) is 6.67 Å². The number of terminal acetylenes is 1. The minimum absolute atomic E-state index is 0.215. The van der Waals surface area contributed by atoms with Crippen LogP contribution < -0.4 is 5.73 Å². The molecule has 2 N–H and O–H groups in total. The highest BCUT2D eigenvalue weighted by atomic mass is 15.5. The predicted molar refractivity (Wildman–Crippen MR) is 29.9 cm³/mol. The zero-order valence-corrected chi connectivity index (χ0v) is 4.65. The summed E-state index contributed by atoms with van der Waals surface area (Å²) in [6.45, 7) is 0.215. The Bertz CT molecular complexity index is 231. The minimum atomic E-state index is 0.215. The maximum atomic E-state index is 5.20. The number of nitrogens with two attached hydrogens (primary N) is 1. The van der Waals surface area contributed by atoms with Crippen LogP contribution in [0.2, 0.25) is 0 Å². The summed E-state index contributed by atoms with van der Waals surface area (Å²) in [7, 11) is 0. The zero-order chi connectivity index (χ0) is 6.69. The summed E-state index contributed by atoms with van der Waals surface area (Å²) < 4.78 is 1.33. The molecule has 5 heteroatoms. The van der Waals surface area contributed by atoms with Gasteiger partial charge in [-0.05, 0) is 16.3 Å².